The van der Waals surface area contributed by atoms with Crippen LogP contribution in [-0.2, 0) is 4.79 Å². The number of carbonyl (C=O) groups is 2. The van der Waals surface area contributed by atoms with Crippen LogP contribution in [0.2, 0.25) is 0 Å². The highest BCUT2D eigenvalue weighted by Gasteiger charge is 2.31. The van der Waals surface area contributed by atoms with E-state index in [9.17, 15) is 14.7 Å². The largest absolute Gasteiger partial charge is 0.480 e. The molecule has 106 valence electrons. The molecule has 0 rings (SSSR count). The summed E-state index contributed by atoms with van der Waals surface area (Å²) in [4.78, 5) is 24.2. The third kappa shape index (κ3) is 4.52. The Morgan fingerprint density at radius 1 is 1.22 bits per heavy atom. The second-order valence-electron chi connectivity index (χ2n) is 5.66. The number of rotatable bonds is 4. The first kappa shape index (κ1) is 16.7. The fourth-order valence-electron chi connectivity index (χ4n) is 1.38. The quantitative estimate of drug-likeness (QED) is 0.700. The molecule has 18 heavy (non-hydrogen) atoms. The highest BCUT2D eigenvalue weighted by Crippen LogP contribution is 2.22. The Labute approximate surface area is 108 Å². The van der Waals surface area contributed by atoms with Gasteiger partial charge >= 0.3 is 12.0 Å². The number of urea groups is 1. The van der Waals surface area contributed by atoms with Crippen molar-refractivity contribution in [1.82, 2.24) is 10.2 Å². The third-order valence-electron chi connectivity index (χ3n) is 3.18. The Balaban J connectivity index is 4.71. The Bertz CT molecular complexity index is 310. The van der Waals surface area contributed by atoms with Gasteiger partial charge in [0, 0.05) is 13.1 Å². The highest BCUT2D eigenvalue weighted by molar-refractivity contribution is 5.83. The van der Waals surface area contributed by atoms with Gasteiger partial charge in [0.25, 0.3) is 0 Å². The Morgan fingerprint density at radius 3 is 1.94 bits per heavy atom. The summed E-state index contributed by atoms with van der Waals surface area (Å²) < 4.78 is 0. The smallest absolute Gasteiger partial charge is 0.328 e. The molecule has 0 fully saturated rings. The van der Waals surface area contributed by atoms with Gasteiger partial charge in [-0.1, -0.05) is 20.8 Å². The molecular weight excluding hydrogens is 236 g/mol. The predicted molar refractivity (Wildman–Crippen MR) is 68.3 cm³/mol. The lowest BCUT2D eigenvalue weighted by Crippen LogP contribution is -2.54. The second-order valence-corrected chi connectivity index (χ2v) is 5.66. The summed E-state index contributed by atoms with van der Waals surface area (Å²) in [6, 6.07) is -1.88. The van der Waals surface area contributed by atoms with Crippen molar-refractivity contribution in [2.24, 2.45) is 5.41 Å². The van der Waals surface area contributed by atoms with E-state index < -0.39 is 24.1 Å². The lowest BCUT2D eigenvalue weighted by atomic mass is 9.87. The lowest BCUT2D eigenvalue weighted by molar-refractivity contribution is -0.141. The zero-order valence-electron chi connectivity index (χ0n) is 11.9. The van der Waals surface area contributed by atoms with E-state index in [0.29, 0.717) is 0 Å². The fraction of sp³-hybridized carbons (Fsp3) is 0.833. The third-order valence-corrected chi connectivity index (χ3v) is 3.18. The van der Waals surface area contributed by atoms with Crippen LogP contribution in [0.4, 0.5) is 4.79 Å². The van der Waals surface area contributed by atoms with E-state index in [1.807, 2.05) is 27.7 Å². The molecule has 0 aromatic carbocycles. The number of carbonyl (C=O) groups excluding carboxylic acids is 1. The van der Waals surface area contributed by atoms with Gasteiger partial charge in [-0.3, -0.25) is 0 Å². The minimum absolute atomic E-state index is 0.0686. The maximum absolute atomic E-state index is 11.9. The number of nitrogens with one attached hydrogen (secondary N) is 1. The summed E-state index contributed by atoms with van der Waals surface area (Å²) in [5, 5.41) is 20.5. The SMILES string of the molecule is CC(O)C(NC(=O)N(C)C(C)C(C)(C)C)C(=O)O. The average Bonchev–Trinajstić information content (AvgIpc) is 2.20. The van der Waals surface area contributed by atoms with Gasteiger partial charge in [-0.05, 0) is 19.3 Å². The van der Waals surface area contributed by atoms with E-state index in [-0.39, 0.29) is 11.5 Å². The molecule has 3 atom stereocenters. The Hall–Kier alpha value is -1.30. The van der Waals surface area contributed by atoms with Gasteiger partial charge in [0.05, 0.1) is 6.10 Å². The number of aliphatic carboxylic acids is 1. The normalized spacial score (nSPS) is 16.6. The van der Waals surface area contributed by atoms with Crippen LogP contribution in [0.25, 0.3) is 0 Å². The van der Waals surface area contributed by atoms with E-state index in [2.05, 4.69) is 5.32 Å². The van der Waals surface area contributed by atoms with Crippen LogP contribution >= 0.6 is 0 Å². The molecule has 6 nitrogen and oxygen atoms in total. The van der Waals surface area contributed by atoms with Crippen molar-refractivity contribution in [2.75, 3.05) is 7.05 Å². The minimum Gasteiger partial charge on any atom is -0.480 e. The van der Waals surface area contributed by atoms with Crippen molar-refractivity contribution >= 4 is 12.0 Å². The molecule has 0 spiro atoms. The molecule has 0 aromatic rings. The lowest BCUT2D eigenvalue weighted by Gasteiger charge is -2.36. The molecule has 0 radical (unpaired) electrons. The standard InChI is InChI=1S/C12H24N2O4/c1-7(15)9(10(16)17)13-11(18)14(6)8(2)12(3,4)5/h7-9,15H,1-6H3,(H,13,18)(H,16,17). The average molecular weight is 260 g/mol. The van der Waals surface area contributed by atoms with Crippen LogP contribution in [0.5, 0.6) is 0 Å². The molecule has 0 aliphatic rings. The molecule has 3 unspecified atom stereocenters. The van der Waals surface area contributed by atoms with Gasteiger partial charge in [0.2, 0.25) is 0 Å². The molecule has 0 aromatic heterocycles. The maximum Gasteiger partial charge on any atom is 0.328 e. The number of carboxylic acid groups (broad SMARTS) is 1. The van der Waals surface area contributed by atoms with E-state index >= 15 is 0 Å². The number of carboxylic acids is 1. The summed E-state index contributed by atoms with van der Waals surface area (Å²) in [6.45, 7) is 9.18. The summed E-state index contributed by atoms with van der Waals surface area (Å²) in [7, 11) is 1.60. The van der Waals surface area contributed by atoms with E-state index in [4.69, 9.17) is 5.11 Å². The van der Waals surface area contributed by atoms with E-state index in [0.717, 1.165) is 0 Å². The molecule has 0 heterocycles. The van der Waals surface area contributed by atoms with Crippen molar-refractivity contribution in [3.8, 4) is 0 Å². The number of nitrogens with zero attached hydrogens (tertiary/aromatic N) is 1. The summed E-state index contributed by atoms with van der Waals surface area (Å²) >= 11 is 0. The summed E-state index contributed by atoms with van der Waals surface area (Å²) in [5.41, 5.74) is -0.115. The van der Waals surface area contributed by atoms with Crippen LogP contribution in [0, 0.1) is 5.41 Å². The number of aliphatic hydroxyl groups is 1. The first-order valence-corrected chi connectivity index (χ1v) is 5.92. The number of hydrogen-bond acceptors (Lipinski definition) is 3. The molecule has 0 saturated carbocycles. The monoisotopic (exact) mass is 260 g/mol. The topological polar surface area (TPSA) is 89.9 Å². The summed E-state index contributed by atoms with van der Waals surface area (Å²) in [6.07, 6.45) is -1.15. The van der Waals surface area contributed by atoms with Crippen molar-refractivity contribution < 1.29 is 19.8 Å². The van der Waals surface area contributed by atoms with Crippen molar-refractivity contribution in [3.05, 3.63) is 0 Å². The van der Waals surface area contributed by atoms with Gasteiger partial charge < -0.3 is 20.4 Å². The van der Waals surface area contributed by atoms with Crippen molar-refractivity contribution in [1.29, 1.82) is 0 Å². The molecule has 0 aliphatic heterocycles. The Kier molecular flexibility index (Phi) is 5.60. The first-order valence-electron chi connectivity index (χ1n) is 5.92. The molecule has 3 N–H and O–H groups in total. The van der Waals surface area contributed by atoms with E-state index in [1.165, 1.54) is 11.8 Å². The van der Waals surface area contributed by atoms with Crippen LogP contribution in [0.3, 0.4) is 0 Å². The van der Waals surface area contributed by atoms with Crippen molar-refractivity contribution in [3.63, 3.8) is 0 Å². The maximum atomic E-state index is 11.9. The molecule has 0 saturated heterocycles. The van der Waals surface area contributed by atoms with E-state index in [1.54, 1.807) is 7.05 Å². The zero-order valence-corrected chi connectivity index (χ0v) is 11.9. The Morgan fingerprint density at radius 2 is 1.67 bits per heavy atom. The van der Waals surface area contributed by atoms with Gasteiger partial charge in [-0.25, -0.2) is 9.59 Å². The number of hydrogen-bond donors (Lipinski definition) is 3. The fourth-order valence-corrected chi connectivity index (χ4v) is 1.38. The molecule has 2 amide bonds. The molecule has 6 heteroatoms. The molecular formula is C12H24N2O4. The molecule has 0 aliphatic carbocycles. The highest BCUT2D eigenvalue weighted by atomic mass is 16.4. The van der Waals surface area contributed by atoms with Crippen LogP contribution in [0.15, 0.2) is 0 Å². The zero-order chi connectivity index (χ0) is 14.7. The van der Waals surface area contributed by atoms with Crippen molar-refractivity contribution in [2.45, 2.75) is 52.8 Å². The molecule has 0 bridgehead atoms. The van der Waals surface area contributed by atoms with Gasteiger partial charge in [-0.15, -0.1) is 0 Å². The van der Waals surface area contributed by atoms with Crippen LogP contribution in [-0.4, -0.2) is 52.3 Å². The first-order chi connectivity index (χ1) is 7.98. The van der Waals surface area contributed by atoms with Gasteiger partial charge in [-0.2, -0.15) is 0 Å². The number of amides is 2. The van der Waals surface area contributed by atoms with Gasteiger partial charge in [0.1, 0.15) is 0 Å². The summed E-state index contributed by atoms with van der Waals surface area (Å²) in [5.74, 6) is -1.25. The number of aliphatic hydroxyl groups excluding tert-OH is 1. The predicted octanol–water partition coefficient (Wildman–Crippen LogP) is 0.896. The minimum atomic E-state index is -1.30. The van der Waals surface area contributed by atoms with Crippen LogP contribution < -0.4 is 5.32 Å². The van der Waals surface area contributed by atoms with Gasteiger partial charge in [0.15, 0.2) is 6.04 Å². The second kappa shape index (κ2) is 6.04. The van der Waals surface area contributed by atoms with Crippen LogP contribution in [0.1, 0.15) is 34.6 Å².